The van der Waals surface area contributed by atoms with Crippen LogP contribution in [0.3, 0.4) is 0 Å². The maximum absolute atomic E-state index is 13.0. The first kappa shape index (κ1) is 14.3. The molecule has 118 valence electrons. The Kier molecular flexibility index (Phi) is 3.63. The van der Waals surface area contributed by atoms with Crippen LogP contribution in [-0.2, 0) is 6.54 Å². The summed E-state index contributed by atoms with van der Waals surface area (Å²) in [5.41, 5.74) is 3.38. The van der Waals surface area contributed by atoms with Gasteiger partial charge in [0, 0.05) is 12.2 Å². The van der Waals surface area contributed by atoms with Gasteiger partial charge in [0.15, 0.2) is 17.0 Å². The smallest absolute Gasteiger partial charge is 0.170 e. The third-order valence-corrected chi connectivity index (χ3v) is 3.74. The molecule has 1 N–H and O–H groups in total. The first-order chi connectivity index (χ1) is 11.8. The standard InChI is InChI=1S/C18H14FN5/c19-14-8-6-13(7-9-14)10-20-17-16-18(22-11-21-17)24(12-23-16)15-4-2-1-3-5-15/h1-9,11-12H,10H2,(H,20,21,22). The van der Waals surface area contributed by atoms with Crippen molar-refractivity contribution in [2.75, 3.05) is 5.32 Å². The Balaban J connectivity index is 1.65. The van der Waals surface area contributed by atoms with Gasteiger partial charge in [-0.05, 0) is 29.8 Å². The van der Waals surface area contributed by atoms with Gasteiger partial charge >= 0.3 is 0 Å². The number of anilines is 1. The van der Waals surface area contributed by atoms with Crippen molar-refractivity contribution in [3.8, 4) is 5.69 Å². The topological polar surface area (TPSA) is 55.6 Å². The summed E-state index contributed by atoms with van der Waals surface area (Å²) in [6.07, 6.45) is 3.24. The van der Waals surface area contributed by atoms with Gasteiger partial charge in [0.1, 0.15) is 18.5 Å². The molecule has 2 heterocycles. The zero-order chi connectivity index (χ0) is 16.4. The number of benzene rings is 2. The van der Waals surface area contributed by atoms with Gasteiger partial charge in [-0.2, -0.15) is 0 Å². The van der Waals surface area contributed by atoms with E-state index in [1.54, 1.807) is 18.5 Å². The number of rotatable bonds is 4. The summed E-state index contributed by atoms with van der Waals surface area (Å²) in [6.45, 7) is 0.532. The molecule has 5 nitrogen and oxygen atoms in total. The number of para-hydroxylation sites is 1. The maximum Gasteiger partial charge on any atom is 0.170 e. The highest BCUT2D eigenvalue weighted by atomic mass is 19.1. The Labute approximate surface area is 137 Å². The monoisotopic (exact) mass is 319 g/mol. The van der Waals surface area contributed by atoms with Gasteiger partial charge in [-0.15, -0.1) is 0 Å². The van der Waals surface area contributed by atoms with Gasteiger partial charge < -0.3 is 5.32 Å². The van der Waals surface area contributed by atoms with Gasteiger partial charge in [0.05, 0.1) is 0 Å². The van der Waals surface area contributed by atoms with Crippen LogP contribution in [0.25, 0.3) is 16.9 Å². The molecule has 0 fully saturated rings. The lowest BCUT2D eigenvalue weighted by atomic mass is 10.2. The van der Waals surface area contributed by atoms with Crippen LogP contribution in [-0.4, -0.2) is 19.5 Å². The summed E-state index contributed by atoms with van der Waals surface area (Å²) in [6, 6.07) is 16.3. The molecule has 0 unspecified atom stereocenters. The molecule has 0 radical (unpaired) electrons. The minimum absolute atomic E-state index is 0.246. The zero-order valence-electron chi connectivity index (χ0n) is 12.7. The Hall–Kier alpha value is -3.28. The van der Waals surface area contributed by atoms with Gasteiger partial charge in [0.2, 0.25) is 0 Å². The fourth-order valence-corrected chi connectivity index (χ4v) is 2.53. The number of fused-ring (bicyclic) bond motifs is 1. The third-order valence-electron chi connectivity index (χ3n) is 3.74. The van der Waals surface area contributed by atoms with Crippen molar-refractivity contribution in [1.29, 1.82) is 0 Å². The summed E-state index contributed by atoms with van der Waals surface area (Å²) < 4.78 is 14.9. The van der Waals surface area contributed by atoms with E-state index < -0.39 is 0 Å². The van der Waals surface area contributed by atoms with E-state index in [4.69, 9.17) is 0 Å². The van der Waals surface area contributed by atoms with E-state index in [1.165, 1.54) is 18.5 Å². The van der Waals surface area contributed by atoms with E-state index in [2.05, 4.69) is 20.3 Å². The Bertz CT molecular complexity index is 964. The lowest BCUT2D eigenvalue weighted by Crippen LogP contribution is -2.03. The maximum atomic E-state index is 13.0. The molecule has 0 saturated carbocycles. The molecular weight excluding hydrogens is 305 g/mol. The molecule has 0 aliphatic carbocycles. The van der Waals surface area contributed by atoms with Crippen molar-refractivity contribution in [2.24, 2.45) is 0 Å². The Morgan fingerprint density at radius 2 is 1.71 bits per heavy atom. The predicted molar refractivity (Wildman–Crippen MR) is 90.4 cm³/mol. The van der Waals surface area contributed by atoms with E-state index in [0.29, 0.717) is 17.9 Å². The average Bonchev–Trinajstić information content (AvgIpc) is 3.07. The number of nitrogens with zero attached hydrogens (tertiary/aromatic N) is 4. The van der Waals surface area contributed by atoms with Crippen LogP contribution in [0.2, 0.25) is 0 Å². The zero-order valence-corrected chi connectivity index (χ0v) is 12.7. The average molecular weight is 319 g/mol. The van der Waals surface area contributed by atoms with Crippen LogP contribution in [0.15, 0.2) is 67.3 Å². The van der Waals surface area contributed by atoms with E-state index in [0.717, 1.165) is 16.9 Å². The lowest BCUT2D eigenvalue weighted by Gasteiger charge is -2.07. The normalized spacial score (nSPS) is 10.9. The number of hydrogen-bond donors (Lipinski definition) is 1. The largest absolute Gasteiger partial charge is 0.364 e. The van der Waals surface area contributed by atoms with Crippen molar-refractivity contribution < 1.29 is 4.39 Å². The van der Waals surface area contributed by atoms with Crippen LogP contribution < -0.4 is 5.32 Å². The highest BCUT2D eigenvalue weighted by Gasteiger charge is 2.10. The molecule has 4 rings (SSSR count). The first-order valence-corrected chi connectivity index (χ1v) is 7.53. The second kappa shape index (κ2) is 6.08. The number of nitrogens with one attached hydrogen (secondary N) is 1. The van der Waals surface area contributed by atoms with Crippen LogP contribution >= 0.6 is 0 Å². The van der Waals surface area contributed by atoms with Gasteiger partial charge in [-0.1, -0.05) is 30.3 Å². The van der Waals surface area contributed by atoms with Gasteiger partial charge in [-0.25, -0.2) is 19.3 Å². The summed E-state index contributed by atoms with van der Waals surface area (Å²) >= 11 is 0. The minimum Gasteiger partial charge on any atom is -0.364 e. The van der Waals surface area contributed by atoms with Crippen LogP contribution in [0.1, 0.15) is 5.56 Å². The fourth-order valence-electron chi connectivity index (χ4n) is 2.53. The van der Waals surface area contributed by atoms with E-state index in [-0.39, 0.29) is 5.82 Å². The van der Waals surface area contributed by atoms with Crippen LogP contribution in [0.5, 0.6) is 0 Å². The number of hydrogen-bond acceptors (Lipinski definition) is 4. The minimum atomic E-state index is -0.246. The molecule has 6 heteroatoms. The van der Waals surface area contributed by atoms with Crippen molar-refractivity contribution >= 4 is 17.0 Å². The van der Waals surface area contributed by atoms with E-state index in [1.807, 2.05) is 34.9 Å². The molecule has 24 heavy (non-hydrogen) atoms. The van der Waals surface area contributed by atoms with Gasteiger partial charge in [0.25, 0.3) is 0 Å². The Morgan fingerprint density at radius 1 is 0.917 bits per heavy atom. The molecule has 4 aromatic rings. The van der Waals surface area contributed by atoms with Crippen molar-refractivity contribution in [3.63, 3.8) is 0 Å². The number of aromatic nitrogens is 4. The molecule has 2 aromatic heterocycles. The third kappa shape index (κ3) is 2.69. The highest BCUT2D eigenvalue weighted by Crippen LogP contribution is 2.21. The van der Waals surface area contributed by atoms with Crippen LogP contribution in [0, 0.1) is 5.82 Å². The highest BCUT2D eigenvalue weighted by molar-refractivity contribution is 5.83. The summed E-state index contributed by atoms with van der Waals surface area (Å²) in [5, 5.41) is 3.24. The molecule has 2 aromatic carbocycles. The SMILES string of the molecule is Fc1ccc(CNc2ncnc3c2ncn3-c2ccccc2)cc1. The van der Waals surface area contributed by atoms with Crippen molar-refractivity contribution in [3.05, 3.63) is 78.6 Å². The molecule has 0 aliphatic rings. The number of imidazole rings is 1. The van der Waals surface area contributed by atoms with Crippen molar-refractivity contribution in [1.82, 2.24) is 19.5 Å². The van der Waals surface area contributed by atoms with Gasteiger partial charge in [-0.3, -0.25) is 4.57 Å². The van der Waals surface area contributed by atoms with E-state index >= 15 is 0 Å². The summed E-state index contributed by atoms with van der Waals surface area (Å²) in [5.74, 6) is 0.406. The first-order valence-electron chi connectivity index (χ1n) is 7.53. The van der Waals surface area contributed by atoms with Crippen molar-refractivity contribution in [2.45, 2.75) is 6.54 Å². The molecular formula is C18H14FN5. The molecule has 0 aliphatic heterocycles. The fraction of sp³-hybridized carbons (Fsp3) is 0.0556. The molecule has 0 spiro atoms. The molecule has 0 atom stereocenters. The second-order valence-corrected chi connectivity index (χ2v) is 5.32. The molecule has 0 amide bonds. The molecule has 0 saturated heterocycles. The predicted octanol–water partition coefficient (Wildman–Crippen LogP) is 3.57. The summed E-state index contributed by atoms with van der Waals surface area (Å²) in [7, 11) is 0. The lowest BCUT2D eigenvalue weighted by molar-refractivity contribution is 0.627. The Morgan fingerprint density at radius 3 is 2.50 bits per heavy atom. The number of halogens is 1. The quantitative estimate of drug-likeness (QED) is 0.625. The molecule has 0 bridgehead atoms. The van der Waals surface area contributed by atoms with Crippen LogP contribution in [0.4, 0.5) is 10.2 Å². The summed E-state index contributed by atoms with van der Waals surface area (Å²) in [4.78, 5) is 13.1. The second-order valence-electron chi connectivity index (χ2n) is 5.32. The van der Waals surface area contributed by atoms with E-state index in [9.17, 15) is 4.39 Å².